The Balaban J connectivity index is 1.58. The molecule has 0 saturated heterocycles. The Morgan fingerprint density at radius 2 is 1.92 bits per heavy atom. The predicted molar refractivity (Wildman–Crippen MR) is 144 cm³/mol. The van der Waals surface area contributed by atoms with Gasteiger partial charge in [0.25, 0.3) is 5.91 Å². The molecule has 0 aliphatic rings. The van der Waals surface area contributed by atoms with Crippen LogP contribution >= 0.6 is 0 Å². The molecule has 3 aromatic heterocycles. The lowest BCUT2D eigenvalue weighted by Crippen LogP contribution is -2.26. The molecule has 0 atom stereocenters. The first-order chi connectivity index (χ1) is 17.8. The fraction of sp³-hybridized carbons (Fsp3) is 0.200. The largest absolute Gasteiger partial charge is 0.383 e. The van der Waals surface area contributed by atoms with E-state index in [4.69, 9.17) is 4.74 Å². The number of H-pyrrole nitrogens is 1. The summed E-state index contributed by atoms with van der Waals surface area (Å²) in [5.74, 6) is 0.480. The molecular weight excluding hydrogens is 494 g/mol. The van der Waals surface area contributed by atoms with E-state index in [0.29, 0.717) is 53.1 Å². The fourth-order valence-corrected chi connectivity index (χ4v) is 3.95. The number of benzene rings is 1. The molecule has 4 rings (SSSR count). The molecule has 0 aliphatic heterocycles. The Morgan fingerprint density at radius 1 is 1.14 bits per heavy atom. The quantitative estimate of drug-likeness (QED) is 0.270. The molecule has 3 heterocycles. The van der Waals surface area contributed by atoms with Crippen LogP contribution in [0.4, 0.5) is 17.5 Å². The highest BCUT2D eigenvalue weighted by atomic mass is 32.2. The molecule has 0 aliphatic carbocycles. The molecule has 3 N–H and O–H groups in total. The van der Waals surface area contributed by atoms with Crippen LogP contribution in [-0.4, -0.2) is 67.8 Å². The summed E-state index contributed by atoms with van der Waals surface area (Å²) in [5, 5.41) is 6.74. The first-order valence-corrected chi connectivity index (χ1v) is 13.2. The lowest BCUT2D eigenvalue weighted by molar-refractivity contribution is 0.0937. The summed E-state index contributed by atoms with van der Waals surface area (Å²) < 4.78 is 30.1. The first-order valence-electron chi connectivity index (χ1n) is 11.3. The lowest BCUT2D eigenvalue weighted by Gasteiger charge is -2.17. The highest BCUT2D eigenvalue weighted by Gasteiger charge is 2.16. The van der Waals surface area contributed by atoms with Crippen molar-refractivity contribution < 1.29 is 17.9 Å². The Hall–Kier alpha value is -4.29. The summed E-state index contributed by atoms with van der Waals surface area (Å²) in [6.45, 7) is 0.873. The molecule has 192 valence electrons. The summed E-state index contributed by atoms with van der Waals surface area (Å²) in [6.07, 6.45) is 7.98. The third-order valence-electron chi connectivity index (χ3n) is 5.47. The highest BCUT2D eigenvalue weighted by Crippen LogP contribution is 2.24. The summed E-state index contributed by atoms with van der Waals surface area (Å²) >= 11 is 0. The van der Waals surface area contributed by atoms with E-state index < -0.39 is 10.0 Å². The van der Waals surface area contributed by atoms with Crippen molar-refractivity contribution in [3.8, 4) is 0 Å². The maximum Gasteiger partial charge on any atom is 0.251 e. The van der Waals surface area contributed by atoms with E-state index >= 15 is 0 Å². The molecule has 1 amide bonds. The van der Waals surface area contributed by atoms with Gasteiger partial charge in [-0.05, 0) is 54.6 Å². The Labute approximate surface area is 214 Å². The fourth-order valence-electron chi connectivity index (χ4n) is 3.48. The van der Waals surface area contributed by atoms with Crippen molar-refractivity contribution in [3.05, 3.63) is 71.7 Å². The Bertz CT molecular complexity index is 1530. The number of amides is 1. The molecule has 4 aromatic rings. The summed E-state index contributed by atoms with van der Waals surface area (Å²) in [7, 11) is -0.441. The van der Waals surface area contributed by atoms with Crippen LogP contribution in [0, 0.1) is 0 Å². The van der Waals surface area contributed by atoms with Crippen molar-refractivity contribution in [1.82, 2.24) is 25.3 Å². The number of sulfonamides is 1. The normalized spacial score (nSPS) is 11.6. The second kappa shape index (κ2) is 11.2. The molecule has 12 heteroatoms. The zero-order chi connectivity index (χ0) is 26.4. The predicted octanol–water partition coefficient (Wildman–Crippen LogP) is 3.04. The average Bonchev–Trinajstić information content (AvgIpc) is 3.36. The van der Waals surface area contributed by atoms with E-state index in [2.05, 4.69) is 30.6 Å². The van der Waals surface area contributed by atoms with Gasteiger partial charge < -0.3 is 20.4 Å². The lowest BCUT2D eigenvalue weighted by atomic mass is 10.2. The van der Waals surface area contributed by atoms with Gasteiger partial charge in [0.2, 0.25) is 16.0 Å². The summed E-state index contributed by atoms with van der Waals surface area (Å²) in [6, 6.07) is 12.3. The number of hydrogen-bond donors (Lipinski definition) is 3. The molecule has 0 bridgehead atoms. The number of aromatic nitrogens is 4. The number of ether oxygens (including phenoxy) is 1. The number of pyridine rings is 1. The van der Waals surface area contributed by atoms with Gasteiger partial charge >= 0.3 is 0 Å². The van der Waals surface area contributed by atoms with Crippen LogP contribution in [0.15, 0.2) is 54.9 Å². The van der Waals surface area contributed by atoms with Crippen molar-refractivity contribution >= 4 is 56.6 Å². The van der Waals surface area contributed by atoms with Crippen LogP contribution in [0.3, 0.4) is 0 Å². The number of fused-ring (bicyclic) bond motifs is 1. The molecule has 0 spiro atoms. The van der Waals surface area contributed by atoms with Gasteiger partial charge in [-0.1, -0.05) is 0 Å². The second-order valence-electron chi connectivity index (χ2n) is 8.10. The van der Waals surface area contributed by atoms with Gasteiger partial charge in [-0.25, -0.2) is 18.4 Å². The minimum Gasteiger partial charge on any atom is -0.383 e. The van der Waals surface area contributed by atoms with Crippen LogP contribution in [-0.2, 0) is 14.8 Å². The number of nitrogens with zero attached hydrogens (tertiary/aromatic N) is 4. The van der Waals surface area contributed by atoms with E-state index in [-0.39, 0.29) is 5.91 Å². The third kappa shape index (κ3) is 6.29. The van der Waals surface area contributed by atoms with Gasteiger partial charge in [-0.2, -0.15) is 4.98 Å². The van der Waals surface area contributed by atoms with Crippen molar-refractivity contribution in [3.63, 3.8) is 0 Å². The highest BCUT2D eigenvalue weighted by molar-refractivity contribution is 7.92. The van der Waals surface area contributed by atoms with Gasteiger partial charge in [0.15, 0.2) is 0 Å². The van der Waals surface area contributed by atoms with Crippen LogP contribution in [0.5, 0.6) is 0 Å². The number of nitrogens with one attached hydrogen (secondary N) is 3. The molecule has 37 heavy (non-hydrogen) atoms. The first kappa shape index (κ1) is 25.8. The van der Waals surface area contributed by atoms with Crippen LogP contribution < -0.4 is 14.9 Å². The molecule has 0 radical (unpaired) electrons. The number of carbonyl (C=O) groups is 1. The number of anilines is 3. The van der Waals surface area contributed by atoms with Crippen LogP contribution in [0.2, 0.25) is 0 Å². The van der Waals surface area contributed by atoms with E-state index in [1.807, 2.05) is 6.07 Å². The molecule has 0 saturated carbocycles. The van der Waals surface area contributed by atoms with Crippen molar-refractivity contribution in [2.24, 2.45) is 0 Å². The van der Waals surface area contributed by atoms with Crippen LogP contribution in [0.25, 0.3) is 23.2 Å². The number of rotatable bonds is 10. The maximum atomic E-state index is 12.2. The smallest absolute Gasteiger partial charge is 0.251 e. The van der Waals surface area contributed by atoms with E-state index in [1.54, 1.807) is 68.1 Å². The van der Waals surface area contributed by atoms with Gasteiger partial charge in [0.05, 0.1) is 18.6 Å². The minimum absolute atomic E-state index is 0.184. The topological polar surface area (TPSA) is 142 Å². The maximum absolute atomic E-state index is 12.2. The summed E-state index contributed by atoms with van der Waals surface area (Å²) in [4.78, 5) is 28.7. The zero-order valence-electron chi connectivity index (χ0n) is 20.6. The van der Waals surface area contributed by atoms with Gasteiger partial charge in [0, 0.05) is 55.3 Å². The van der Waals surface area contributed by atoms with Gasteiger partial charge in [-0.15, -0.1) is 0 Å². The third-order valence-corrected chi connectivity index (χ3v) is 6.64. The minimum atomic E-state index is -3.48. The number of hydrogen-bond acceptors (Lipinski definition) is 8. The van der Waals surface area contributed by atoms with Crippen LogP contribution in [0.1, 0.15) is 21.6 Å². The number of carbonyl (C=O) groups excluding carboxylic acids is 1. The van der Waals surface area contributed by atoms with Gasteiger partial charge in [-0.3, -0.25) is 9.10 Å². The van der Waals surface area contributed by atoms with E-state index in [1.165, 1.54) is 7.05 Å². The second-order valence-corrected chi connectivity index (χ2v) is 10.1. The van der Waals surface area contributed by atoms with Gasteiger partial charge in [0.1, 0.15) is 11.5 Å². The molecule has 11 nitrogen and oxygen atoms in total. The van der Waals surface area contributed by atoms with Crippen molar-refractivity contribution in [1.29, 1.82) is 0 Å². The average molecular weight is 522 g/mol. The molecule has 0 fully saturated rings. The SMILES string of the molecule is COCCNC(=O)c1ccc(Nc2nc(/C=C/c3cccnc3N(C)S(C)(=O)=O)c3cc[nH]c3n2)cc1. The zero-order valence-corrected chi connectivity index (χ0v) is 21.4. The Morgan fingerprint density at radius 3 is 2.65 bits per heavy atom. The molecule has 1 aromatic carbocycles. The standard InChI is InChI=1S/C25H27N7O4S/c1-32(37(3,34)35)23-17(5-4-13-27-23)8-11-21-20-12-14-26-22(20)31-25(30-21)29-19-9-6-18(7-10-19)24(33)28-15-16-36-2/h4-14H,15-16H2,1-3H3,(H,28,33)(H2,26,29,30,31)/b11-8+. The van der Waals surface area contributed by atoms with Crippen molar-refractivity contribution in [2.75, 3.05) is 43.2 Å². The van der Waals surface area contributed by atoms with Crippen molar-refractivity contribution in [2.45, 2.75) is 0 Å². The Kier molecular flexibility index (Phi) is 7.80. The molecule has 0 unspecified atom stereocenters. The number of aromatic amines is 1. The summed E-state index contributed by atoms with van der Waals surface area (Å²) in [5.41, 5.74) is 3.10. The number of methoxy groups -OCH3 is 1. The monoisotopic (exact) mass is 521 g/mol. The van der Waals surface area contributed by atoms with E-state index in [0.717, 1.165) is 15.9 Å². The molecular formula is C25H27N7O4S. The van der Waals surface area contributed by atoms with E-state index in [9.17, 15) is 13.2 Å².